The van der Waals surface area contributed by atoms with E-state index in [1.807, 2.05) is 25.7 Å². The van der Waals surface area contributed by atoms with Crippen LogP contribution in [0.3, 0.4) is 0 Å². The summed E-state index contributed by atoms with van der Waals surface area (Å²) in [5, 5.41) is 3.99. The molecule has 1 amide bonds. The van der Waals surface area contributed by atoms with Crippen LogP contribution in [-0.4, -0.2) is 33.5 Å². The molecule has 6 nitrogen and oxygen atoms in total. The van der Waals surface area contributed by atoms with Gasteiger partial charge < -0.3 is 10.3 Å². The molecular formula is C13H22N4O2. The van der Waals surface area contributed by atoms with E-state index >= 15 is 0 Å². The zero-order valence-corrected chi connectivity index (χ0v) is 11.8. The molecule has 1 aliphatic rings. The Balaban J connectivity index is 2.07. The fourth-order valence-electron chi connectivity index (χ4n) is 2.31. The minimum absolute atomic E-state index is 0.157. The SMILES string of the molecule is CC(C)(C)c1nc(CN2CCCC[C@@H]2C(N)=O)no1. The van der Waals surface area contributed by atoms with Crippen LogP contribution in [0.5, 0.6) is 0 Å². The standard InChI is InChI=1S/C13H22N4O2/c1-13(2,3)12-15-10(16-19-12)8-17-7-5-4-6-9(17)11(14)18/h9H,4-8H2,1-3H3,(H2,14,18)/t9-/m1/s1. The number of likely N-dealkylation sites (tertiary alicyclic amines) is 1. The summed E-state index contributed by atoms with van der Waals surface area (Å²) in [5.41, 5.74) is 5.28. The molecule has 0 bridgehead atoms. The summed E-state index contributed by atoms with van der Waals surface area (Å²) in [5.74, 6) is 0.979. The molecule has 2 heterocycles. The van der Waals surface area contributed by atoms with Gasteiger partial charge in [0.2, 0.25) is 11.8 Å². The minimum atomic E-state index is -0.265. The average Bonchev–Trinajstić information content (AvgIpc) is 2.77. The first-order valence-corrected chi connectivity index (χ1v) is 6.74. The van der Waals surface area contributed by atoms with Crippen molar-refractivity contribution in [1.29, 1.82) is 0 Å². The maximum Gasteiger partial charge on any atom is 0.234 e. The van der Waals surface area contributed by atoms with Gasteiger partial charge >= 0.3 is 0 Å². The van der Waals surface area contributed by atoms with E-state index in [2.05, 4.69) is 10.1 Å². The van der Waals surface area contributed by atoms with Gasteiger partial charge in [0.15, 0.2) is 5.82 Å². The number of carbonyl (C=O) groups is 1. The van der Waals surface area contributed by atoms with Crippen molar-refractivity contribution in [3.8, 4) is 0 Å². The Morgan fingerprint density at radius 1 is 1.47 bits per heavy atom. The van der Waals surface area contributed by atoms with Crippen LogP contribution < -0.4 is 5.73 Å². The summed E-state index contributed by atoms with van der Waals surface area (Å²) < 4.78 is 5.26. The molecule has 0 radical (unpaired) electrons. The van der Waals surface area contributed by atoms with Crippen molar-refractivity contribution in [2.75, 3.05) is 6.54 Å². The van der Waals surface area contributed by atoms with E-state index in [9.17, 15) is 4.79 Å². The largest absolute Gasteiger partial charge is 0.368 e. The van der Waals surface area contributed by atoms with E-state index in [0.717, 1.165) is 25.8 Å². The average molecular weight is 266 g/mol. The molecule has 1 fully saturated rings. The van der Waals surface area contributed by atoms with Crippen LogP contribution >= 0.6 is 0 Å². The summed E-state index contributed by atoms with van der Waals surface area (Å²) in [6.45, 7) is 7.45. The lowest BCUT2D eigenvalue weighted by Crippen LogP contribution is -2.47. The van der Waals surface area contributed by atoms with Crippen molar-refractivity contribution in [2.24, 2.45) is 5.73 Å². The van der Waals surface area contributed by atoms with Crippen molar-refractivity contribution < 1.29 is 9.32 Å². The smallest absolute Gasteiger partial charge is 0.234 e. The summed E-state index contributed by atoms with van der Waals surface area (Å²) in [6.07, 6.45) is 2.94. The quantitative estimate of drug-likeness (QED) is 0.888. The van der Waals surface area contributed by atoms with E-state index in [4.69, 9.17) is 10.3 Å². The van der Waals surface area contributed by atoms with Crippen LogP contribution in [0.4, 0.5) is 0 Å². The molecule has 19 heavy (non-hydrogen) atoms. The molecule has 0 saturated carbocycles. The predicted molar refractivity (Wildman–Crippen MR) is 70.2 cm³/mol. The van der Waals surface area contributed by atoms with Crippen LogP contribution in [0.25, 0.3) is 0 Å². The zero-order valence-electron chi connectivity index (χ0n) is 11.8. The van der Waals surface area contributed by atoms with Gasteiger partial charge in [0, 0.05) is 5.41 Å². The van der Waals surface area contributed by atoms with Crippen molar-refractivity contribution in [2.45, 2.75) is 58.0 Å². The highest BCUT2D eigenvalue weighted by atomic mass is 16.5. The van der Waals surface area contributed by atoms with Gasteiger partial charge in [-0.05, 0) is 19.4 Å². The molecule has 2 N–H and O–H groups in total. The molecule has 1 atom stereocenters. The zero-order chi connectivity index (χ0) is 14.0. The molecule has 1 aromatic heterocycles. The van der Waals surface area contributed by atoms with Gasteiger partial charge in [-0.3, -0.25) is 9.69 Å². The van der Waals surface area contributed by atoms with Gasteiger partial charge in [-0.1, -0.05) is 32.3 Å². The number of primary amides is 1. The maximum atomic E-state index is 11.4. The normalized spacial score (nSPS) is 21.5. The second-order valence-electron chi connectivity index (χ2n) is 6.15. The number of rotatable bonds is 3. The van der Waals surface area contributed by atoms with E-state index < -0.39 is 0 Å². The van der Waals surface area contributed by atoms with Crippen molar-refractivity contribution in [3.63, 3.8) is 0 Å². The molecule has 106 valence electrons. The number of hydrogen-bond donors (Lipinski definition) is 1. The molecule has 0 spiro atoms. The topological polar surface area (TPSA) is 85.3 Å². The lowest BCUT2D eigenvalue weighted by Gasteiger charge is -2.32. The second kappa shape index (κ2) is 5.28. The lowest BCUT2D eigenvalue weighted by molar-refractivity contribution is -0.124. The van der Waals surface area contributed by atoms with E-state index in [0.29, 0.717) is 18.3 Å². The Kier molecular flexibility index (Phi) is 3.89. The molecule has 0 unspecified atom stereocenters. The second-order valence-corrected chi connectivity index (χ2v) is 6.15. The number of nitrogens with two attached hydrogens (primary N) is 1. The number of nitrogens with zero attached hydrogens (tertiary/aromatic N) is 3. The Hall–Kier alpha value is -1.43. The third-order valence-corrected chi connectivity index (χ3v) is 3.40. The fourth-order valence-corrected chi connectivity index (χ4v) is 2.31. The highest BCUT2D eigenvalue weighted by molar-refractivity contribution is 5.79. The lowest BCUT2D eigenvalue weighted by atomic mass is 9.97. The highest BCUT2D eigenvalue weighted by Gasteiger charge is 2.29. The summed E-state index contributed by atoms with van der Waals surface area (Å²) in [6, 6.07) is -0.203. The number of amides is 1. The molecule has 0 aliphatic carbocycles. The first kappa shape index (κ1) is 14.0. The minimum Gasteiger partial charge on any atom is -0.368 e. The van der Waals surface area contributed by atoms with Crippen molar-refractivity contribution in [3.05, 3.63) is 11.7 Å². The van der Waals surface area contributed by atoms with Gasteiger partial charge in [0.1, 0.15) is 0 Å². The van der Waals surface area contributed by atoms with E-state index in [-0.39, 0.29) is 17.4 Å². The predicted octanol–water partition coefficient (Wildman–Crippen LogP) is 1.21. The molecule has 0 aromatic carbocycles. The summed E-state index contributed by atoms with van der Waals surface area (Å²) in [4.78, 5) is 17.9. The Morgan fingerprint density at radius 3 is 2.79 bits per heavy atom. The number of hydrogen-bond acceptors (Lipinski definition) is 5. The van der Waals surface area contributed by atoms with Crippen LogP contribution in [0.15, 0.2) is 4.52 Å². The number of aromatic nitrogens is 2. The molecule has 6 heteroatoms. The molecule has 1 aliphatic heterocycles. The third kappa shape index (κ3) is 3.32. The fraction of sp³-hybridized carbons (Fsp3) is 0.769. The number of piperidine rings is 1. The van der Waals surface area contributed by atoms with E-state index in [1.165, 1.54) is 0 Å². The van der Waals surface area contributed by atoms with Crippen LogP contribution in [0, 0.1) is 0 Å². The Labute approximate surface area is 113 Å². The van der Waals surface area contributed by atoms with Crippen molar-refractivity contribution >= 4 is 5.91 Å². The van der Waals surface area contributed by atoms with Crippen LogP contribution in [0.2, 0.25) is 0 Å². The van der Waals surface area contributed by atoms with Gasteiger partial charge in [0.25, 0.3) is 0 Å². The first-order chi connectivity index (χ1) is 8.88. The van der Waals surface area contributed by atoms with Gasteiger partial charge in [0.05, 0.1) is 12.6 Å². The summed E-state index contributed by atoms with van der Waals surface area (Å²) in [7, 11) is 0. The number of carbonyl (C=O) groups excluding carboxylic acids is 1. The van der Waals surface area contributed by atoms with Crippen molar-refractivity contribution in [1.82, 2.24) is 15.0 Å². The van der Waals surface area contributed by atoms with E-state index in [1.54, 1.807) is 0 Å². The third-order valence-electron chi connectivity index (χ3n) is 3.40. The maximum absolute atomic E-state index is 11.4. The Morgan fingerprint density at radius 2 is 2.21 bits per heavy atom. The molecular weight excluding hydrogens is 244 g/mol. The molecule has 1 aromatic rings. The van der Waals surface area contributed by atoms with Gasteiger partial charge in [-0.2, -0.15) is 4.98 Å². The van der Waals surface area contributed by atoms with Crippen LogP contribution in [0.1, 0.15) is 51.7 Å². The van der Waals surface area contributed by atoms with Gasteiger partial charge in [-0.15, -0.1) is 0 Å². The first-order valence-electron chi connectivity index (χ1n) is 6.74. The molecule has 2 rings (SSSR count). The molecule has 1 saturated heterocycles. The summed E-state index contributed by atoms with van der Waals surface area (Å²) >= 11 is 0. The van der Waals surface area contributed by atoms with Gasteiger partial charge in [-0.25, -0.2) is 0 Å². The Bertz CT molecular complexity index is 450. The highest BCUT2D eigenvalue weighted by Crippen LogP contribution is 2.22. The van der Waals surface area contributed by atoms with Crippen LogP contribution in [-0.2, 0) is 16.8 Å². The monoisotopic (exact) mass is 266 g/mol.